The minimum Gasteiger partial charge on any atom is -0.350 e. The van der Waals surface area contributed by atoms with E-state index in [4.69, 9.17) is 0 Å². The smallest absolute Gasteiger partial charge is 0.268 e. The van der Waals surface area contributed by atoms with E-state index in [1.807, 2.05) is 50.2 Å². The van der Waals surface area contributed by atoms with Crippen LogP contribution >= 0.6 is 0 Å². The maximum Gasteiger partial charge on any atom is 0.268 e. The number of aromatic nitrogens is 1. The molecule has 0 bridgehead atoms. The molecule has 0 saturated carbocycles. The third-order valence-electron chi connectivity index (χ3n) is 4.54. The van der Waals surface area contributed by atoms with E-state index in [2.05, 4.69) is 10.3 Å². The third kappa shape index (κ3) is 3.42. The predicted octanol–water partition coefficient (Wildman–Crippen LogP) is 3.65. The summed E-state index contributed by atoms with van der Waals surface area (Å²) in [5.74, 6) is -0.450. The number of nitrogens with zero attached hydrogens (tertiary/aromatic N) is 1. The number of aromatic amines is 1. The zero-order chi connectivity index (χ0) is 18.0. The van der Waals surface area contributed by atoms with Gasteiger partial charge in [0, 0.05) is 23.0 Å². The van der Waals surface area contributed by atoms with Crippen LogP contribution in [0.1, 0.15) is 27.7 Å². The highest BCUT2D eigenvalue weighted by Crippen LogP contribution is 2.23. The van der Waals surface area contributed by atoms with Gasteiger partial charge in [-0.15, -0.1) is 0 Å². The SMILES string of the molecule is Cc1c(C(=O)NCC(c2ccccc2F)N(C)C)[nH]c2ccccc12. The highest BCUT2D eigenvalue weighted by atomic mass is 19.1. The van der Waals surface area contributed by atoms with Crippen molar-refractivity contribution in [1.82, 2.24) is 15.2 Å². The standard InChI is InChI=1S/C20H22FN3O/c1-13-14-8-5-7-11-17(14)23-19(13)20(25)22-12-18(24(2)3)15-9-4-6-10-16(15)21/h4-11,18,23H,12H2,1-3H3,(H,22,25). The molecule has 1 unspecified atom stereocenters. The Hall–Kier alpha value is -2.66. The molecule has 0 aliphatic heterocycles. The normalized spacial score (nSPS) is 12.5. The second-order valence-corrected chi connectivity index (χ2v) is 6.38. The first-order valence-corrected chi connectivity index (χ1v) is 8.25. The Morgan fingerprint density at radius 3 is 2.52 bits per heavy atom. The van der Waals surface area contributed by atoms with Crippen molar-refractivity contribution < 1.29 is 9.18 Å². The van der Waals surface area contributed by atoms with Gasteiger partial charge in [0.05, 0.1) is 6.04 Å². The van der Waals surface area contributed by atoms with Crippen molar-refractivity contribution in [3.8, 4) is 0 Å². The summed E-state index contributed by atoms with van der Waals surface area (Å²) in [5.41, 5.74) is 2.97. The van der Waals surface area contributed by atoms with E-state index in [1.54, 1.807) is 18.2 Å². The van der Waals surface area contributed by atoms with Crippen LogP contribution in [0.5, 0.6) is 0 Å². The summed E-state index contributed by atoms with van der Waals surface area (Å²) < 4.78 is 14.1. The number of likely N-dealkylation sites (N-methyl/N-ethyl adjacent to an activating group) is 1. The summed E-state index contributed by atoms with van der Waals surface area (Å²) in [6, 6.07) is 14.2. The molecule has 1 heterocycles. The van der Waals surface area contributed by atoms with Crippen molar-refractivity contribution in [2.24, 2.45) is 0 Å². The van der Waals surface area contributed by atoms with E-state index in [0.29, 0.717) is 17.8 Å². The van der Waals surface area contributed by atoms with Crippen molar-refractivity contribution in [3.63, 3.8) is 0 Å². The molecular formula is C20H22FN3O. The van der Waals surface area contributed by atoms with Crippen LogP contribution in [-0.4, -0.2) is 36.4 Å². The van der Waals surface area contributed by atoms with E-state index in [9.17, 15) is 9.18 Å². The molecule has 130 valence electrons. The molecule has 0 spiro atoms. The van der Waals surface area contributed by atoms with E-state index < -0.39 is 0 Å². The van der Waals surface area contributed by atoms with Gasteiger partial charge in [0.2, 0.25) is 0 Å². The Labute approximate surface area is 146 Å². The van der Waals surface area contributed by atoms with E-state index in [0.717, 1.165) is 16.5 Å². The minimum absolute atomic E-state index is 0.183. The summed E-state index contributed by atoms with van der Waals surface area (Å²) in [6.45, 7) is 2.25. The molecule has 1 atom stereocenters. The quantitative estimate of drug-likeness (QED) is 0.745. The van der Waals surface area contributed by atoms with Crippen molar-refractivity contribution in [2.75, 3.05) is 20.6 Å². The Bertz CT molecular complexity index is 901. The lowest BCUT2D eigenvalue weighted by atomic mass is 10.1. The number of hydrogen-bond acceptors (Lipinski definition) is 2. The fraction of sp³-hybridized carbons (Fsp3) is 0.250. The molecular weight excluding hydrogens is 317 g/mol. The molecule has 2 aromatic carbocycles. The molecule has 1 aromatic heterocycles. The molecule has 3 aromatic rings. The predicted molar refractivity (Wildman–Crippen MR) is 98.2 cm³/mol. The van der Waals surface area contributed by atoms with Crippen molar-refractivity contribution in [1.29, 1.82) is 0 Å². The second-order valence-electron chi connectivity index (χ2n) is 6.38. The van der Waals surface area contributed by atoms with Crippen LogP contribution < -0.4 is 5.32 Å². The van der Waals surface area contributed by atoms with Gasteiger partial charge in [0.15, 0.2) is 0 Å². The summed E-state index contributed by atoms with van der Waals surface area (Å²) in [5, 5.41) is 3.96. The summed E-state index contributed by atoms with van der Waals surface area (Å²) in [7, 11) is 3.74. The molecule has 0 fully saturated rings. The van der Waals surface area contributed by atoms with Crippen molar-refractivity contribution in [2.45, 2.75) is 13.0 Å². The number of nitrogens with one attached hydrogen (secondary N) is 2. The highest BCUT2D eigenvalue weighted by Gasteiger charge is 2.20. The maximum atomic E-state index is 14.1. The summed E-state index contributed by atoms with van der Waals surface area (Å²) in [6.07, 6.45) is 0. The Kier molecular flexibility index (Phi) is 4.86. The lowest BCUT2D eigenvalue weighted by Crippen LogP contribution is -2.35. The number of carbonyl (C=O) groups is 1. The lowest BCUT2D eigenvalue weighted by molar-refractivity contribution is 0.0936. The Morgan fingerprint density at radius 2 is 1.84 bits per heavy atom. The second kappa shape index (κ2) is 7.07. The van der Waals surface area contributed by atoms with Crippen LogP contribution in [0.25, 0.3) is 10.9 Å². The molecule has 0 radical (unpaired) electrons. The van der Waals surface area contributed by atoms with Crippen LogP contribution in [0.3, 0.4) is 0 Å². The molecule has 1 amide bonds. The molecule has 0 aliphatic carbocycles. The van der Waals surface area contributed by atoms with E-state index in [1.165, 1.54) is 6.07 Å². The maximum absolute atomic E-state index is 14.1. The monoisotopic (exact) mass is 339 g/mol. The minimum atomic E-state index is -0.266. The Morgan fingerprint density at radius 1 is 1.16 bits per heavy atom. The van der Waals surface area contributed by atoms with Gasteiger partial charge in [-0.05, 0) is 38.7 Å². The average Bonchev–Trinajstić information content (AvgIpc) is 2.93. The van der Waals surface area contributed by atoms with Gasteiger partial charge in [0.25, 0.3) is 5.91 Å². The van der Waals surface area contributed by atoms with Crippen LogP contribution in [0, 0.1) is 12.7 Å². The van der Waals surface area contributed by atoms with Gasteiger partial charge >= 0.3 is 0 Å². The first kappa shape index (κ1) is 17.2. The fourth-order valence-electron chi connectivity index (χ4n) is 3.10. The number of rotatable bonds is 5. The van der Waals surface area contributed by atoms with Crippen LogP contribution in [0.4, 0.5) is 4.39 Å². The Balaban J connectivity index is 1.80. The van der Waals surface area contributed by atoms with Crippen LogP contribution in [0.15, 0.2) is 48.5 Å². The number of hydrogen-bond donors (Lipinski definition) is 2. The third-order valence-corrected chi connectivity index (χ3v) is 4.54. The van der Waals surface area contributed by atoms with Crippen LogP contribution in [0.2, 0.25) is 0 Å². The molecule has 25 heavy (non-hydrogen) atoms. The van der Waals surface area contributed by atoms with Gasteiger partial charge in [-0.3, -0.25) is 4.79 Å². The fourth-order valence-corrected chi connectivity index (χ4v) is 3.10. The summed E-state index contributed by atoms with van der Waals surface area (Å²) >= 11 is 0. The number of halogens is 1. The van der Waals surface area contributed by atoms with E-state index >= 15 is 0 Å². The van der Waals surface area contributed by atoms with Gasteiger partial charge in [0.1, 0.15) is 11.5 Å². The van der Waals surface area contributed by atoms with Crippen molar-refractivity contribution in [3.05, 3.63) is 71.2 Å². The number of amides is 1. The highest BCUT2D eigenvalue weighted by molar-refractivity contribution is 6.00. The number of H-pyrrole nitrogens is 1. The van der Waals surface area contributed by atoms with Gasteiger partial charge in [-0.2, -0.15) is 0 Å². The molecule has 3 rings (SSSR count). The number of fused-ring (bicyclic) bond motifs is 1. The first-order chi connectivity index (χ1) is 12.0. The average molecular weight is 339 g/mol. The number of aryl methyl sites for hydroxylation is 1. The molecule has 0 saturated heterocycles. The molecule has 5 heteroatoms. The zero-order valence-electron chi connectivity index (χ0n) is 14.6. The zero-order valence-corrected chi connectivity index (χ0v) is 14.6. The topological polar surface area (TPSA) is 48.1 Å². The van der Waals surface area contributed by atoms with Gasteiger partial charge < -0.3 is 15.2 Å². The summed E-state index contributed by atoms with van der Waals surface area (Å²) in [4.78, 5) is 17.7. The van der Waals surface area contributed by atoms with Gasteiger partial charge in [-0.25, -0.2) is 4.39 Å². The van der Waals surface area contributed by atoms with E-state index in [-0.39, 0.29) is 17.8 Å². The molecule has 4 nitrogen and oxygen atoms in total. The lowest BCUT2D eigenvalue weighted by Gasteiger charge is -2.25. The van der Waals surface area contributed by atoms with Crippen molar-refractivity contribution >= 4 is 16.8 Å². The number of benzene rings is 2. The first-order valence-electron chi connectivity index (χ1n) is 8.25. The number of carbonyl (C=O) groups excluding carboxylic acids is 1. The largest absolute Gasteiger partial charge is 0.350 e. The number of para-hydroxylation sites is 1. The molecule has 2 N–H and O–H groups in total. The van der Waals surface area contributed by atoms with Gasteiger partial charge in [-0.1, -0.05) is 36.4 Å². The molecule has 0 aliphatic rings. The van der Waals surface area contributed by atoms with Crippen LogP contribution in [-0.2, 0) is 0 Å².